The van der Waals surface area contributed by atoms with Crippen molar-refractivity contribution in [3.63, 3.8) is 0 Å². The van der Waals surface area contributed by atoms with Crippen LogP contribution in [0.15, 0.2) is 70.1 Å². The first kappa shape index (κ1) is 13.0. The average molecular weight is 324 g/mol. The van der Waals surface area contributed by atoms with Crippen molar-refractivity contribution in [3.05, 3.63) is 70.1 Å². The highest BCUT2D eigenvalue weighted by Crippen LogP contribution is 2.44. The van der Waals surface area contributed by atoms with Gasteiger partial charge in [0.15, 0.2) is 0 Å². The highest BCUT2D eigenvalue weighted by molar-refractivity contribution is 7.17. The Morgan fingerprint density at radius 3 is 2.10 bits per heavy atom. The molecule has 0 saturated carbocycles. The molecule has 0 atom stereocenters. The van der Waals surface area contributed by atoms with Crippen LogP contribution in [0.1, 0.15) is 0 Å². The molecule has 3 heteroatoms. The predicted molar refractivity (Wildman–Crippen MR) is 96.4 cm³/mol. The van der Waals surface area contributed by atoms with Crippen LogP contribution in [0.2, 0.25) is 0 Å². The van der Waals surface area contributed by atoms with Crippen LogP contribution in [0.25, 0.3) is 32.0 Å². The lowest BCUT2D eigenvalue weighted by molar-refractivity contribution is 1.69. The second-order valence-electron chi connectivity index (χ2n) is 4.70. The third kappa shape index (κ3) is 2.38. The van der Waals surface area contributed by atoms with Gasteiger partial charge in [-0.15, -0.1) is 22.7 Å². The first-order chi connectivity index (χ1) is 10.4. The van der Waals surface area contributed by atoms with Gasteiger partial charge in [0.1, 0.15) is 0 Å². The highest BCUT2D eigenvalue weighted by atomic mass is 32.1. The molecule has 0 aliphatic carbocycles. The summed E-state index contributed by atoms with van der Waals surface area (Å²) in [6.07, 6.45) is 0. The van der Waals surface area contributed by atoms with Gasteiger partial charge in [-0.3, -0.25) is 0 Å². The molecular weight excluding hydrogens is 312 g/mol. The number of rotatable bonds is 3. The fourth-order valence-electron chi connectivity index (χ4n) is 2.46. The van der Waals surface area contributed by atoms with Crippen molar-refractivity contribution in [2.75, 3.05) is 0 Å². The highest BCUT2D eigenvalue weighted by Gasteiger charge is 2.15. The summed E-state index contributed by atoms with van der Waals surface area (Å²) in [6, 6.07) is 17.3. The predicted octanol–water partition coefficient (Wildman–Crippen LogP) is 6.87. The van der Waals surface area contributed by atoms with Gasteiger partial charge in [0.05, 0.1) is 0 Å². The van der Waals surface area contributed by atoms with Crippen molar-refractivity contribution < 1.29 is 0 Å². The summed E-state index contributed by atoms with van der Waals surface area (Å²) in [4.78, 5) is 2.73. The van der Waals surface area contributed by atoms with Crippen molar-refractivity contribution in [1.82, 2.24) is 0 Å². The van der Waals surface area contributed by atoms with Gasteiger partial charge in [0.2, 0.25) is 0 Å². The Bertz CT molecular complexity index is 836. The molecule has 0 spiro atoms. The van der Waals surface area contributed by atoms with E-state index in [-0.39, 0.29) is 0 Å². The molecule has 0 bridgehead atoms. The summed E-state index contributed by atoms with van der Waals surface area (Å²) in [7, 11) is 0. The Morgan fingerprint density at radius 1 is 0.571 bits per heavy atom. The first-order valence-corrected chi connectivity index (χ1v) is 9.37. The Kier molecular flexibility index (Phi) is 3.47. The van der Waals surface area contributed by atoms with E-state index in [0.717, 1.165) is 0 Å². The molecule has 4 rings (SSSR count). The van der Waals surface area contributed by atoms with Crippen LogP contribution in [0.4, 0.5) is 0 Å². The zero-order valence-corrected chi connectivity index (χ0v) is 13.6. The Balaban J connectivity index is 1.87. The first-order valence-electron chi connectivity index (χ1n) is 6.67. The normalized spacial score (nSPS) is 10.9. The van der Waals surface area contributed by atoms with E-state index in [9.17, 15) is 0 Å². The van der Waals surface area contributed by atoms with E-state index in [2.05, 4.69) is 70.1 Å². The van der Waals surface area contributed by atoms with E-state index in [1.54, 1.807) is 11.3 Å². The fraction of sp³-hybridized carbons (Fsp3) is 0. The monoisotopic (exact) mass is 324 g/mol. The third-order valence-corrected chi connectivity index (χ3v) is 6.04. The van der Waals surface area contributed by atoms with Crippen LogP contribution >= 0.6 is 34.0 Å². The SMILES string of the molecule is c1ccc(-c2sccc2-c2sccc2-c2ccsc2)cc1. The Morgan fingerprint density at radius 2 is 1.33 bits per heavy atom. The van der Waals surface area contributed by atoms with E-state index < -0.39 is 0 Å². The van der Waals surface area contributed by atoms with Gasteiger partial charge in [-0.25, -0.2) is 0 Å². The van der Waals surface area contributed by atoms with Crippen LogP contribution in [0.3, 0.4) is 0 Å². The summed E-state index contributed by atoms with van der Waals surface area (Å²) in [5, 5.41) is 8.74. The maximum absolute atomic E-state index is 2.24. The molecule has 102 valence electrons. The minimum Gasteiger partial charge on any atom is -0.152 e. The van der Waals surface area contributed by atoms with E-state index in [4.69, 9.17) is 0 Å². The van der Waals surface area contributed by atoms with Crippen molar-refractivity contribution in [2.24, 2.45) is 0 Å². The molecule has 0 aliphatic rings. The van der Waals surface area contributed by atoms with Gasteiger partial charge < -0.3 is 0 Å². The van der Waals surface area contributed by atoms with E-state index in [0.29, 0.717) is 0 Å². The number of hydrogen-bond donors (Lipinski definition) is 0. The second kappa shape index (κ2) is 5.60. The third-order valence-electron chi connectivity index (χ3n) is 3.44. The molecule has 0 fully saturated rings. The maximum Gasteiger partial charge on any atom is 0.0436 e. The van der Waals surface area contributed by atoms with Gasteiger partial charge in [0.25, 0.3) is 0 Å². The molecule has 0 nitrogen and oxygen atoms in total. The minimum atomic E-state index is 1.30. The number of hydrogen-bond acceptors (Lipinski definition) is 3. The molecule has 0 saturated heterocycles. The van der Waals surface area contributed by atoms with Gasteiger partial charge in [-0.1, -0.05) is 30.3 Å². The molecule has 0 radical (unpaired) electrons. The zero-order chi connectivity index (χ0) is 14.1. The van der Waals surface area contributed by atoms with E-state index in [1.807, 2.05) is 22.7 Å². The molecule has 3 heterocycles. The lowest BCUT2D eigenvalue weighted by Crippen LogP contribution is -1.78. The summed E-state index contributed by atoms with van der Waals surface area (Å²) < 4.78 is 0. The maximum atomic E-state index is 2.24. The van der Waals surface area contributed by atoms with Gasteiger partial charge in [0, 0.05) is 20.9 Å². The van der Waals surface area contributed by atoms with Crippen LogP contribution in [0, 0.1) is 0 Å². The van der Waals surface area contributed by atoms with Crippen molar-refractivity contribution in [3.8, 4) is 32.0 Å². The summed E-state index contributed by atoms with van der Waals surface area (Å²) >= 11 is 5.39. The lowest BCUT2D eigenvalue weighted by Gasteiger charge is -2.05. The molecule has 4 aromatic rings. The quantitative estimate of drug-likeness (QED) is 0.385. The largest absolute Gasteiger partial charge is 0.152 e. The molecule has 3 aromatic heterocycles. The standard InChI is InChI=1S/C18H12S3/c1-2-4-13(5-3-1)17-16(8-11-20-17)18-15(7-10-21-18)14-6-9-19-12-14/h1-12H. The molecule has 0 N–H and O–H groups in total. The summed E-state index contributed by atoms with van der Waals surface area (Å²) in [6.45, 7) is 0. The van der Waals surface area contributed by atoms with Crippen molar-refractivity contribution >= 4 is 34.0 Å². The van der Waals surface area contributed by atoms with Crippen LogP contribution in [-0.2, 0) is 0 Å². The van der Waals surface area contributed by atoms with Crippen LogP contribution < -0.4 is 0 Å². The smallest absolute Gasteiger partial charge is 0.0436 e. The zero-order valence-electron chi connectivity index (χ0n) is 11.2. The second-order valence-corrected chi connectivity index (χ2v) is 7.32. The summed E-state index contributed by atoms with van der Waals surface area (Å²) in [5.41, 5.74) is 5.31. The average Bonchev–Trinajstić information content (AvgIpc) is 3.27. The minimum absolute atomic E-state index is 1.30. The summed E-state index contributed by atoms with van der Waals surface area (Å²) in [5.74, 6) is 0. The van der Waals surface area contributed by atoms with Gasteiger partial charge >= 0.3 is 0 Å². The Hall–Kier alpha value is -1.68. The molecule has 0 unspecified atom stereocenters. The molecule has 21 heavy (non-hydrogen) atoms. The number of thiophene rings is 3. The van der Waals surface area contributed by atoms with Crippen molar-refractivity contribution in [2.45, 2.75) is 0 Å². The Labute approximate surface area is 136 Å². The van der Waals surface area contributed by atoms with E-state index >= 15 is 0 Å². The van der Waals surface area contributed by atoms with Gasteiger partial charge in [-0.2, -0.15) is 11.3 Å². The number of benzene rings is 1. The van der Waals surface area contributed by atoms with E-state index in [1.165, 1.54) is 32.0 Å². The molecular formula is C18H12S3. The lowest BCUT2D eigenvalue weighted by atomic mass is 10.0. The topological polar surface area (TPSA) is 0 Å². The van der Waals surface area contributed by atoms with Crippen LogP contribution in [0.5, 0.6) is 0 Å². The molecule has 0 aliphatic heterocycles. The van der Waals surface area contributed by atoms with Crippen LogP contribution in [-0.4, -0.2) is 0 Å². The van der Waals surface area contributed by atoms with Crippen molar-refractivity contribution in [1.29, 1.82) is 0 Å². The molecule has 0 amide bonds. The van der Waals surface area contributed by atoms with Gasteiger partial charge in [-0.05, 0) is 50.8 Å². The molecule has 1 aromatic carbocycles. The fourth-order valence-corrected chi connectivity index (χ4v) is 5.04.